The maximum absolute atomic E-state index is 13.1. The third-order valence-electron chi connectivity index (χ3n) is 3.21. The Balaban J connectivity index is 6.96. The molecule has 0 nitrogen and oxygen atoms in total. The van der Waals surface area contributed by atoms with Gasteiger partial charge in [0.05, 0.1) is 0 Å². The van der Waals surface area contributed by atoms with Crippen LogP contribution in [0.5, 0.6) is 0 Å². The molecule has 0 aliphatic rings. The summed E-state index contributed by atoms with van der Waals surface area (Å²) in [4.78, 5) is 0. The summed E-state index contributed by atoms with van der Waals surface area (Å²) < 4.78 is 263. The predicted octanol–water partition coefficient (Wildman–Crippen LogP) is 7.06. The first-order valence-electron chi connectivity index (χ1n) is 6.22. The molecule has 0 aromatic heterocycles. The number of hydrogen-bond donors (Lipinski definition) is 0. The first-order chi connectivity index (χ1) is 12.9. The highest BCUT2D eigenvalue weighted by Gasteiger charge is 2.95. The fourth-order valence-electron chi connectivity index (χ4n) is 1.64. The zero-order valence-electron chi connectivity index (χ0n) is 12.9. The van der Waals surface area contributed by atoms with Crippen LogP contribution >= 0.6 is 0 Å². The minimum atomic E-state index is -9.07. The highest BCUT2D eigenvalue weighted by Crippen LogP contribution is 2.65. The van der Waals surface area contributed by atoms with E-state index in [9.17, 15) is 92.2 Å². The van der Waals surface area contributed by atoms with Gasteiger partial charge in [0, 0.05) is 0 Å². The molecule has 0 aromatic rings. The molecular formula is C10F21. The highest BCUT2D eigenvalue weighted by atomic mass is 19.4. The van der Waals surface area contributed by atoms with E-state index in [2.05, 4.69) is 0 Å². The number of rotatable bonds is 6. The van der Waals surface area contributed by atoms with Gasteiger partial charge in [0.25, 0.3) is 5.92 Å². The van der Waals surface area contributed by atoms with Gasteiger partial charge in [-0.25, -0.2) is 0 Å². The largest absolute Gasteiger partial charge is 0.460 e. The SMILES string of the molecule is FC(F)(F)[C](C(F)(F)F)C(F)(F)C(F)(F)C(F)(F)C(F)(F)C(F)(F)C(F)(F)C(F)(F)F. The van der Waals surface area contributed by atoms with Crippen LogP contribution in [0.1, 0.15) is 0 Å². The lowest BCUT2D eigenvalue weighted by Crippen LogP contribution is -2.74. The summed E-state index contributed by atoms with van der Waals surface area (Å²) in [5.41, 5.74) is 0. The van der Waals surface area contributed by atoms with Gasteiger partial charge in [0.1, 0.15) is 0 Å². The fraction of sp³-hybridized carbons (Fsp3) is 0.900. The minimum absolute atomic E-state index is 5.88. The van der Waals surface area contributed by atoms with Crippen molar-refractivity contribution in [1.29, 1.82) is 0 Å². The average Bonchev–Trinajstić information content (AvgIpc) is 2.40. The Hall–Kier alpha value is -1.47. The third-order valence-corrected chi connectivity index (χ3v) is 3.21. The molecule has 21 heteroatoms. The van der Waals surface area contributed by atoms with Gasteiger partial charge in [-0.3, -0.25) is 0 Å². The fourth-order valence-corrected chi connectivity index (χ4v) is 1.64. The molecule has 0 saturated carbocycles. The summed E-state index contributed by atoms with van der Waals surface area (Å²) in [6.07, 6.45) is -23.6. The molecule has 0 unspecified atom stereocenters. The van der Waals surface area contributed by atoms with Crippen LogP contribution in [0.25, 0.3) is 0 Å². The molecule has 0 N–H and O–H groups in total. The van der Waals surface area contributed by atoms with Gasteiger partial charge in [-0.1, -0.05) is 0 Å². The second kappa shape index (κ2) is 7.01. The van der Waals surface area contributed by atoms with Crippen LogP contribution in [0.2, 0.25) is 0 Å². The van der Waals surface area contributed by atoms with E-state index in [4.69, 9.17) is 0 Å². The van der Waals surface area contributed by atoms with Crippen molar-refractivity contribution in [3.05, 3.63) is 5.92 Å². The molecule has 0 atom stereocenters. The molecule has 1 radical (unpaired) electrons. The molecule has 0 rings (SSSR count). The Bertz CT molecular complexity index is 627. The number of hydrogen-bond acceptors (Lipinski definition) is 0. The minimum Gasteiger partial charge on any atom is -0.198 e. The van der Waals surface area contributed by atoms with Crippen molar-refractivity contribution in [2.24, 2.45) is 0 Å². The zero-order chi connectivity index (χ0) is 26.1. The van der Waals surface area contributed by atoms with E-state index in [1.54, 1.807) is 0 Å². The van der Waals surface area contributed by atoms with Crippen LogP contribution in [0.4, 0.5) is 92.2 Å². The molecule has 0 heterocycles. The number of halogens is 21. The van der Waals surface area contributed by atoms with E-state index in [1.807, 2.05) is 0 Å². The van der Waals surface area contributed by atoms with Crippen LogP contribution in [0.3, 0.4) is 0 Å². The van der Waals surface area contributed by atoms with Gasteiger partial charge in [-0.05, 0) is 0 Å². The van der Waals surface area contributed by atoms with Crippen molar-refractivity contribution < 1.29 is 92.2 Å². The maximum atomic E-state index is 13.1. The van der Waals surface area contributed by atoms with Gasteiger partial charge >= 0.3 is 54.1 Å². The Kier molecular flexibility index (Phi) is 6.68. The van der Waals surface area contributed by atoms with E-state index in [0.29, 0.717) is 0 Å². The molecular weight excluding hydrogens is 519 g/mol. The van der Waals surface area contributed by atoms with Crippen molar-refractivity contribution in [3.63, 3.8) is 0 Å². The van der Waals surface area contributed by atoms with Crippen LogP contribution in [-0.2, 0) is 0 Å². The molecule has 0 aliphatic heterocycles. The Morgan fingerprint density at radius 2 is 0.516 bits per heavy atom. The Labute approximate surface area is 153 Å². The summed E-state index contributed by atoms with van der Waals surface area (Å²) in [7, 11) is 0. The van der Waals surface area contributed by atoms with Crippen molar-refractivity contribution in [2.75, 3.05) is 0 Å². The van der Waals surface area contributed by atoms with Gasteiger partial charge in [-0.15, -0.1) is 0 Å². The van der Waals surface area contributed by atoms with Gasteiger partial charge in [0.2, 0.25) is 0 Å². The lowest BCUT2D eigenvalue weighted by Gasteiger charge is -2.43. The van der Waals surface area contributed by atoms with E-state index >= 15 is 0 Å². The highest BCUT2D eigenvalue weighted by molar-refractivity contribution is 5.24. The molecule has 0 aromatic carbocycles. The summed E-state index contributed by atoms with van der Waals surface area (Å²) in [5.74, 6) is -58.7. The molecule has 0 spiro atoms. The monoisotopic (exact) mass is 519 g/mol. The Morgan fingerprint density at radius 3 is 0.742 bits per heavy atom. The second-order valence-corrected chi connectivity index (χ2v) is 5.31. The van der Waals surface area contributed by atoms with Crippen molar-refractivity contribution in [2.45, 2.75) is 54.1 Å². The smallest absolute Gasteiger partial charge is 0.198 e. The average molecular weight is 519 g/mol. The van der Waals surface area contributed by atoms with Gasteiger partial charge in [0.15, 0.2) is 0 Å². The van der Waals surface area contributed by atoms with Gasteiger partial charge in [-0.2, -0.15) is 92.2 Å². The van der Waals surface area contributed by atoms with Crippen LogP contribution in [-0.4, -0.2) is 54.1 Å². The van der Waals surface area contributed by atoms with E-state index < -0.39 is 60.0 Å². The summed E-state index contributed by atoms with van der Waals surface area (Å²) in [6, 6.07) is 0. The topological polar surface area (TPSA) is 0 Å². The first-order valence-corrected chi connectivity index (χ1v) is 6.22. The number of alkyl halides is 21. The summed E-state index contributed by atoms with van der Waals surface area (Å²) in [6.45, 7) is 0. The third kappa shape index (κ3) is 4.04. The summed E-state index contributed by atoms with van der Waals surface area (Å²) >= 11 is 0. The Morgan fingerprint density at radius 1 is 0.290 bits per heavy atom. The first kappa shape index (κ1) is 29.5. The molecule has 31 heavy (non-hydrogen) atoms. The summed E-state index contributed by atoms with van der Waals surface area (Å²) in [5, 5.41) is 0. The molecule has 0 aliphatic carbocycles. The predicted molar refractivity (Wildman–Crippen MR) is 51.1 cm³/mol. The van der Waals surface area contributed by atoms with Crippen molar-refractivity contribution in [1.82, 2.24) is 0 Å². The molecule has 0 bridgehead atoms. The quantitative estimate of drug-likeness (QED) is 0.330. The normalized spacial score (nSPS) is 16.8. The molecule has 0 fully saturated rings. The van der Waals surface area contributed by atoms with E-state index in [0.717, 1.165) is 0 Å². The zero-order valence-corrected chi connectivity index (χ0v) is 12.9. The van der Waals surface area contributed by atoms with E-state index in [1.165, 1.54) is 0 Å². The lowest BCUT2D eigenvalue weighted by molar-refractivity contribution is -0.454. The van der Waals surface area contributed by atoms with Crippen LogP contribution in [0, 0.1) is 5.92 Å². The molecule has 0 amide bonds. The second-order valence-electron chi connectivity index (χ2n) is 5.31. The van der Waals surface area contributed by atoms with E-state index in [-0.39, 0.29) is 0 Å². The standard InChI is InChI=1S/C10F21/c11-2(12,1(3(13,14)15)4(16,17)18)5(19,20)6(21,22)7(23,24)8(25,26)9(27,28)10(29,30)31. The van der Waals surface area contributed by atoms with Gasteiger partial charge < -0.3 is 0 Å². The lowest BCUT2D eigenvalue weighted by atomic mass is 9.85. The van der Waals surface area contributed by atoms with Crippen molar-refractivity contribution >= 4 is 0 Å². The van der Waals surface area contributed by atoms with Crippen LogP contribution in [0.15, 0.2) is 0 Å². The maximum Gasteiger partial charge on any atom is 0.460 e. The van der Waals surface area contributed by atoms with Crippen LogP contribution < -0.4 is 0 Å². The van der Waals surface area contributed by atoms with Crippen molar-refractivity contribution in [3.8, 4) is 0 Å². The molecule has 0 saturated heterocycles. The molecule has 187 valence electrons.